The van der Waals surface area contributed by atoms with Crippen molar-refractivity contribution in [3.63, 3.8) is 0 Å². The van der Waals surface area contributed by atoms with Crippen LogP contribution < -0.4 is 10.2 Å². The van der Waals surface area contributed by atoms with Gasteiger partial charge in [-0.25, -0.2) is 0 Å². The molecule has 0 aliphatic carbocycles. The number of ether oxygens (including phenoxy) is 1. The van der Waals surface area contributed by atoms with Gasteiger partial charge in [-0.15, -0.1) is 0 Å². The number of rotatable bonds is 1. The van der Waals surface area contributed by atoms with E-state index >= 15 is 0 Å². The van der Waals surface area contributed by atoms with Gasteiger partial charge in [-0.05, 0) is 13.0 Å². The number of nitrogens with two attached hydrogens (primary N) is 1. The molecule has 3 heteroatoms. The fraction of sp³-hybridized carbons (Fsp3) is 0.571. The van der Waals surface area contributed by atoms with Crippen LogP contribution in [0.5, 0.6) is 0 Å². The molecular formula is C14H22N2O+2. The van der Waals surface area contributed by atoms with E-state index in [2.05, 4.69) is 30.4 Å². The molecule has 3 rings (SSSR count). The Morgan fingerprint density at radius 1 is 1.29 bits per heavy atom. The van der Waals surface area contributed by atoms with E-state index in [1.807, 2.05) is 0 Å². The van der Waals surface area contributed by atoms with Crippen molar-refractivity contribution in [1.82, 2.24) is 0 Å². The molecule has 2 aliphatic heterocycles. The van der Waals surface area contributed by atoms with E-state index in [0.29, 0.717) is 6.04 Å². The molecule has 2 aliphatic rings. The molecule has 3 N–H and O–H groups in total. The molecule has 2 heterocycles. The summed E-state index contributed by atoms with van der Waals surface area (Å²) >= 11 is 0. The maximum Gasteiger partial charge on any atom is 0.163 e. The fourth-order valence-electron chi connectivity index (χ4n) is 3.15. The first-order valence-electron chi connectivity index (χ1n) is 6.68. The van der Waals surface area contributed by atoms with Crippen LogP contribution in [-0.2, 0) is 11.3 Å². The van der Waals surface area contributed by atoms with E-state index in [9.17, 15) is 0 Å². The molecule has 0 saturated carbocycles. The van der Waals surface area contributed by atoms with Crippen LogP contribution in [0.25, 0.3) is 0 Å². The summed E-state index contributed by atoms with van der Waals surface area (Å²) in [4.78, 5) is 1.71. The predicted molar refractivity (Wildman–Crippen MR) is 65.9 cm³/mol. The standard InChI is InChI=1S/C14H20N2O/c1-11-2-3-13-12(8-11)9-15-10-14(13)16-4-6-17-7-5-16/h2-3,8,14-15H,4-7,9-10H2,1H3/p+2/t14-/m1/s1. The van der Waals surface area contributed by atoms with E-state index in [4.69, 9.17) is 4.74 Å². The first kappa shape index (κ1) is 11.2. The second-order valence-electron chi connectivity index (χ2n) is 5.25. The van der Waals surface area contributed by atoms with Gasteiger partial charge >= 0.3 is 0 Å². The van der Waals surface area contributed by atoms with Crippen molar-refractivity contribution in [3.8, 4) is 0 Å². The molecule has 17 heavy (non-hydrogen) atoms. The van der Waals surface area contributed by atoms with Gasteiger partial charge in [-0.2, -0.15) is 0 Å². The number of hydrogen-bond donors (Lipinski definition) is 2. The number of fused-ring (bicyclic) bond motifs is 1. The van der Waals surface area contributed by atoms with E-state index in [0.717, 1.165) is 32.8 Å². The number of benzene rings is 1. The van der Waals surface area contributed by atoms with Crippen molar-refractivity contribution >= 4 is 0 Å². The van der Waals surface area contributed by atoms with Gasteiger partial charge in [0.25, 0.3) is 0 Å². The zero-order valence-corrected chi connectivity index (χ0v) is 10.5. The summed E-state index contributed by atoms with van der Waals surface area (Å²) in [6.07, 6.45) is 0. The first-order chi connectivity index (χ1) is 8.34. The van der Waals surface area contributed by atoms with Crippen LogP contribution in [0.1, 0.15) is 22.7 Å². The smallest absolute Gasteiger partial charge is 0.163 e. The number of aryl methyl sites for hydroxylation is 1. The Bertz CT molecular complexity index is 399. The van der Waals surface area contributed by atoms with Crippen molar-refractivity contribution in [2.24, 2.45) is 0 Å². The molecule has 1 aromatic carbocycles. The summed E-state index contributed by atoms with van der Waals surface area (Å²) in [5, 5.41) is 2.45. The van der Waals surface area contributed by atoms with Crippen molar-refractivity contribution in [2.75, 3.05) is 32.8 Å². The van der Waals surface area contributed by atoms with Gasteiger partial charge in [0.1, 0.15) is 26.2 Å². The summed E-state index contributed by atoms with van der Waals surface area (Å²) < 4.78 is 5.47. The van der Waals surface area contributed by atoms with Gasteiger partial charge in [0, 0.05) is 11.1 Å². The molecule has 0 radical (unpaired) electrons. The normalized spacial score (nSPS) is 25.6. The Kier molecular flexibility index (Phi) is 3.14. The van der Waals surface area contributed by atoms with Crippen molar-refractivity contribution < 1.29 is 15.0 Å². The Morgan fingerprint density at radius 2 is 2.12 bits per heavy atom. The quantitative estimate of drug-likeness (QED) is 0.643. The molecule has 1 fully saturated rings. The van der Waals surface area contributed by atoms with Crippen LogP contribution in [-0.4, -0.2) is 32.8 Å². The minimum absolute atomic E-state index is 0.670. The summed E-state index contributed by atoms with van der Waals surface area (Å²) in [7, 11) is 0. The highest BCUT2D eigenvalue weighted by Crippen LogP contribution is 2.18. The molecule has 1 atom stereocenters. The number of hydrogen-bond acceptors (Lipinski definition) is 1. The van der Waals surface area contributed by atoms with Crippen LogP contribution >= 0.6 is 0 Å². The third-order valence-electron chi connectivity index (χ3n) is 4.07. The molecule has 1 saturated heterocycles. The van der Waals surface area contributed by atoms with Gasteiger partial charge in [-0.3, -0.25) is 0 Å². The minimum Gasteiger partial charge on any atom is -0.370 e. The number of morpholine rings is 1. The molecule has 0 bridgehead atoms. The highest BCUT2D eigenvalue weighted by Gasteiger charge is 2.32. The lowest BCUT2D eigenvalue weighted by atomic mass is 9.94. The zero-order valence-electron chi connectivity index (χ0n) is 10.5. The van der Waals surface area contributed by atoms with Gasteiger partial charge in [0.05, 0.1) is 13.2 Å². The van der Waals surface area contributed by atoms with Crippen LogP contribution in [0, 0.1) is 6.92 Å². The molecule has 0 aromatic heterocycles. The Hall–Kier alpha value is -0.900. The lowest BCUT2D eigenvalue weighted by Crippen LogP contribution is -3.17. The average molecular weight is 234 g/mol. The van der Waals surface area contributed by atoms with Crippen molar-refractivity contribution in [3.05, 3.63) is 34.9 Å². The van der Waals surface area contributed by atoms with Crippen molar-refractivity contribution in [2.45, 2.75) is 19.5 Å². The predicted octanol–water partition coefficient (Wildman–Crippen LogP) is -0.972. The maximum absolute atomic E-state index is 5.47. The van der Waals surface area contributed by atoms with E-state index in [-0.39, 0.29) is 0 Å². The van der Waals surface area contributed by atoms with Crippen LogP contribution in [0.4, 0.5) is 0 Å². The summed E-state index contributed by atoms with van der Waals surface area (Å²) in [5.41, 5.74) is 4.50. The molecule has 0 amide bonds. The average Bonchev–Trinajstić information content (AvgIpc) is 2.39. The highest BCUT2D eigenvalue weighted by molar-refractivity contribution is 5.33. The summed E-state index contributed by atoms with van der Waals surface area (Å²) in [5.74, 6) is 0. The Balaban J connectivity index is 1.88. The molecule has 0 spiro atoms. The van der Waals surface area contributed by atoms with Crippen LogP contribution in [0.3, 0.4) is 0 Å². The molecule has 92 valence electrons. The molecular weight excluding hydrogens is 212 g/mol. The monoisotopic (exact) mass is 234 g/mol. The lowest BCUT2D eigenvalue weighted by molar-refractivity contribution is -0.954. The second kappa shape index (κ2) is 4.77. The van der Waals surface area contributed by atoms with E-state index < -0.39 is 0 Å². The largest absolute Gasteiger partial charge is 0.370 e. The van der Waals surface area contributed by atoms with Crippen molar-refractivity contribution in [1.29, 1.82) is 0 Å². The summed E-state index contributed by atoms with van der Waals surface area (Å²) in [6.45, 7) is 8.73. The van der Waals surface area contributed by atoms with Gasteiger partial charge in [0.2, 0.25) is 0 Å². The SMILES string of the molecule is Cc1ccc2c(c1)C[NH2+]C[C@H]2[NH+]1CCOCC1. The first-order valence-corrected chi connectivity index (χ1v) is 6.68. The van der Waals surface area contributed by atoms with E-state index in [1.54, 1.807) is 16.0 Å². The molecule has 1 aromatic rings. The third-order valence-corrected chi connectivity index (χ3v) is 4.07. The lowest BCUT2D eigenvalue weighted by Gasteiger charge is -2.33. The second-order valence-corrected chi connectivity index (χ2v) is 5.25. The van der Waals surface area contributed by atoms with Crippen LogP contribution in [0.2, 0.25) is 0 Å². The van der Waals surface area contributed by atoms with Gasteiger partial charge < -0.3 is 15.0 Å². The molecule has 3 nitrogen and oxygen atoms in total. The zero-order chi connectivity index (χ0) is 11.7. The number of quaternary nitrogens is 2. The topological polar surface area (TPSA) is 30.3 Å². The Morgan fingerprint density at radius 3 is 2.94 bits per heavy atom. The molecule has 0 unspecified atom stereocenters. The van der Waals surface area contributed by atoms with Gasteiger partial charge in [-0.1, -0.05) is 17.7 Å². The van der Waals surface area contributed by atoms with E-state index in [1.165, 1.54) is 12.1 Å². The number of nitrogens with one attached hydrogen (secondary N) is 1. The summed E-state index contributed by atoms with van der Waals surface area (Å²) in [6, 6.07) is 7.64. The maximum atomic E-state index is 5.47. The van der Waals surface area contributed by atoms with Crippen LogP contribution in [0.15, 0.2) is 18.2 Å². The highest BCUT2D eigenvalue weighted by atomic mass is 16.5. The fourth-order valence-corrected chi connectivity index (χ4v) is 3.15. The third kappa shape index (κ3) is 2.23. The van der Waals surface area contributed by atoms with Gasteiger partial charge in [0.15, 0.2) is 6.04 Å². The minimum atomic E-state index is 0.670. The Labute approximate surface area is 103 Å².